The standard InChI is InChI=1S/C19H16FN3O3/c1-22-17-16(18(25)23(2)19(22)26)14(10-6-8-11(20)9-7-10)15-12(21-17)4-3-5-13(15)24/h6-9H,3-5H2,1-2H3. The lowest BCUT2D eigenvalue weighted by Gasteiger charge is -2.21. The topological polar surface area (TPSA) is 74.0 Å². The third-order valence-corrected chi connectivity index (χ3v) is 4.89. The fourth-order valence-corrected chi connectivity index (χ4v) is 3.56. The van der Waals surface area contributed by atoms with E-state index in [2.05, 4.69) is 4.98 Å². The predicted octanol–water partition coefficient (Wildman–Crippen LogP) is 1.96. The number of nitrogens with zero attached hydrogens (tertiary/aromatic N) is 3. The molecule has 0 saturated heterocycles. The van der Waals surface area contributed by atoms with Crippen molar-refractivity contribution in [3.8, 4) is 11.1 Å². The number of aryl methyl sites for hydroxylation is 2. The van der Waals surface area contributed by atoms with E-state index in [0.29, 0.717) is 41.6 Å². The number of aromatic nitrogens is 3. The maximum absolute atomic E-state index is 13.4. The van der Waals surface area contributed by atoms with E-state index in [1.54, 1.807) is 7.05 Å². The normalized spacial score (nSPS) is 13.9. The van der Waals surface area contributed by atoms with Crippen LogP contribution in [0.4, 0.5) is 4.39 Å². The molecule has 0 atom stereocenters. The van der Waals surface area contributed by atoms with Crippen molar-refractivity contribution in [1.29, 1.82) is 0 Å². The zero-order valence-corrected chi connectivity index (χ0v) is 14.4. The third kappa shape index (κ3) is 2.23. The van der Waals surface area contributed by atoms with Crippen molar-refractivity contribution in [2.45, 2.75) is 19.3 Å². The van der Waals surface area contributed by atoms with Crippen LogP contribution < -0.4 is 11.2 Å². The van der Waals surface area contributed by atoms with Gasteiger partial charge in [-0.25, -0.2) is 14.2 Å². The van der Waals surface area contributed by atoms with Crippen molar-refractivity contribution in [3.63, 3.8) is 0 Å². The fourth-order valence-electron chi connectivity index (χ4n) is 3.56. The monoisotopic (exact) mass is 353 g/mol. The van der Waals surface area contributed by atoms with Crippen LogP contribution in [0, 0.1) is 5.82 Å². The number of rotatable bonds is 1. The van der Waals surface area contributed by atoms with Crippen LogP contribution in [0.25, 0.3) is 22.2 Å². The van der Waals surface area contributed by atoms with Crippen molar-refractivity contribution in [3.05, 3.63) is 62.2 Å². The zero-order chi connectivity index (χ0) is 18.6. The van der Waals surface area contributed by atoms with Gasteiger partial charge in [-0.3, -0.25) is 18.7 Å². The van der Waals surface area contributed by atoms with Crippen molar-refractivity contribution in [2.75, 3.05) is 0 Å². The maximum Gasteiger partial charge on any atom is 0.332 e. The lowest BCUT2D eigenvalue weighted by Crippen LogP contribution is -2.38. The molecule has 1 aliphatic carbocycles. The molecule has 7 heteroatoms. The first kappa shape index (κ1) is 16.4. The van der Waals surface area contributed by atoms with Crippen LogP contribution in [-0.2, 0) is 20.5 Å². The van der Waals surface area contributed by atoms with Gasteiger partial charge in [-0.2, -0.15) is 0 Å². The Morgan fingerprint density at radius 1 is 0.962 bits per heavy atom. The van der Waals surface area contributed by atoms with Gasteiger partial charge in [-0.1, -0.05) is 12.1 Å². The molecule has 2 heterocycles. The lowest BCUT2D eigenvalue weighted by molar-refractivity contribution is 0.0972. The second kappa shape index (κ2) is 5.72. The van der Waals surface area contributed by atoms with Gasteiger partial charge in [0.15, 0.2) is 5.78 Å². The highest BCUT2D eigenvalue weighted by Gasteiger charge is 2.28. The van der Waals surface area contributed by atoms with Gasteiger partial charge in [-0.05, 0) is 30.5 Å². The van der Waals surface area contributed by atoms with E-state index >= 15 is 0 Å². The summed E-state index contributed by atoms with van der Waals surface area (Å²) in [5.41, 5.74) is 1.22. The van der Waals surface area contributed by atoms with Crippen LogP contribution in [0.2, 0.25) is 0 Å². The molecule has 0 spiro atoms. The smallest absolute Gasteiger partial charge is 0.294 e. The first-order valence-electron chi connectivity index (χ1n) is 8.32. The molecule has 6 nitrogen and oxygen atoms in total. The van der Waals surface area contributed by atoms with Gasteiger partial charge in [0.05, 0.1) is 11.1 Å². The molecule has 0 N–H and O–H groups in total. The summed E-state index contributed by atoms with van der Waals surface area (Å²) >= 11 is 0. The number of Topliss-reactive ketones (excluding diaryl/α,β-unsaturated/α-hetero) is 1. The second-order valence-corrected chi connectivity index (χ2v) is 6.50. The third-order valence-electron chi connectivity index (χ3n) is 4.89. The quantitative estimate of drug-likeness (QED) is 0.670. The van der Waals surface area contributed by atoms with Gasteiger partial charge < -0.3 is 0 Å². The lowest BCUT2D eigenvalue weighted by atomic mass is 9.86. The molecular formula is C19H16FN3O3. The molecule has 0 radical (unpaired) electrons. The van der Waals surface area contributed by atoms with Crippen LogP contribution in [0.1, 0.15) is 28.9 Å². The first-order valence-corrected chi connectivity index (χ1v) is 8.32. The molecule has 0 unspecified atom stereocenters. The summed E-state index contributed by atoms with van der Waals surface area (Å²) in [6, 6.07) is 5.65. The Balaban J connectivity index is 2.28. The SMILES string of the molecule is Cn1c(=O)c2c(-c3ccc(F)cc3)c3c(nc2n(C)c1=O)CCCC3=O. The first-order chi connectivity index (χ1) is 12.4. The maximum atomic E-state index is 13.4. The summed E-state index contributed by atoms with van der Waals surface area (Å²) < 4.78 is 15.7. The number of carbonyl (C=O) groups is 1. The van der Waals surface area contributed by atoms with Gasteiger partial charge in [0.25, 0.3) is 5.56 Å². The van der Waals surface area contributed by atoms with E-state index in [1.807, 2.05) is 0 Å². The van der Waals surface area contributed by atoms with Gasteiger partial charge in [0.1, 0.15) is 11.5 Å². The molecule has 0 bridgehead atoms. The molecule has 2 aromatic heterocycles. The number of pyridine rings is 1. The van der Waals surface area contributed by atoms with Crippen LogP contribution in [0.3, 0.4) is 0 Å². The fraction of sp³-hybridized carbons (Fsp3) is 0.263. The Morgan fingerprint density at radius 3 is 2.35 bits per heavy atom. The average molecular weight is 353 g/mol. The molecule has 1 aliphatic rings. The second-order valence-electron chi connectivity index (χ2n) is 6.50. The van der Waals surface area contributed by atoms with E-state index in [-0.39, 0.29) is 16.8 Å². The minimum Gasteiger partial charge on any atom is -0.294 e. The van der Waals surface area contributed by atoms with E-state index in [1.165, 1.54) is 35.9 Å². The molecule has 3 aromatic rings. The molecule has 4 rings (SSSR count). The van der Waals surface area contributed by atoms with Gasteiger partial charge >= 0.3 is 5.69 Å². The largest absolute Gasteiger partial charge is 0.332 e. The molecular weight excluding hydrogens is 337 g/mol. The van der Waals surface area contributed by atoms with Crippen LogP contribution in [-0.4, -0.2) is 19.9 Å². The Kier molecular flexibility index (Phi) is 3.61. The summed E-state index contributed by atoms with van der Waals surface area (Å²) in [4.78, 5) is 42.3. The molecule has 132 valence electrons. The number of benzene rings is 1. The Bertz CT molecular complexity index is 1190. The van der Waals surface area contributed by atoms with Gasteiger partial charge in [0.2, 0.25) is 0 Å². The van der Waals surface area contributed by atoms with Gasteiger partial charge in [-0.15, -0.1) is 0 Å². The number of ketones is 1. The zero-order valence-electron chi connectivity index (χ0n) is 14.4. The van der Waals surface area contributed by atoms with Crippen molar-refractivity contribution >= 4 is 16.8 Å². The number of carbonyl (C=O) groups excluding carboxylic acids is 1. The number of hydrogen-bond donors (Lipinski definition) is 0. The molecule has 0 amide bonds. The highest BCUT2D eigenvalue weighted by atomic mass is 19.1. The number of fused-ring (bicyclic) bond motifs is 2. The molecule has 1 aromatic carbocycles. The summed E-state index contributed by atoms with van der Waals surface area (Å²) in [7, 11) is 2.93. The Labute approximate surface area is 147 Å². The number of halogens is 1. The number of hydrogen-bond acceptors (Lipinski definition) is 4. The Morgan fingerprint density at radius 2 is 1.65 bits per heavy atom. The minimum atomic E-state index is -0.518. The van der Waals surface area contributed by atoms with Crippen LogP contribution in [0.5, 0.6) is 0 Å². The van der Waals surface area contributed by atoms with Crippen molar-refractivity contribution in [2.24, 2.45) is 14.1 Å². The van der Waals surface area contributed by atoms with Crippen LogP contribution >= 0.6 is 0 Å². The summed E-state index contributed by atoms with van der Waals surface area (Å²) in [6.07, 6.45) is 1.64. The molecule has 26 heavy (non-hydrogen) atoms. The van der Waals surface area contributed by atoms with Crippen LogP contribution in [0.15, 0.2) is 33.9 Å². The molecule has 0 saturated carbocycles. The predicted molar refractivity (Wildman–Crippen MR) is 94.9 cm³/mol. The Hall–Kier alpha value is -3.09. The van der Waals surface area contributed by atoms with Crippen molar-refractivity contribution < 1.29 is 9.18 Å². The highest BCUT2D eigenvalue weighted by Crippen LogP contribution is 2.34. The van der Waals surface area contributed by atoms with E-state index in [4.69, 9.17) is 0 Å². The summed E-state index contributed by atoms with van der Waals surface area (Å²) in [5, 5.41) is 0.204. The summed E-state index contributed by atoms with van der Waals surface area (Å²) in [6.45, 7) is 0. The van der Waals surface area contributed by atoms with E-state index in [0.717, 1.165) is 4.57 Å². The van der Waals surface area contributed by atoms with E-state index in [9.17, 15) is 18.8 Å². The van der Waals surface area contributed by atoms with E-state index < -0.39 is 17.1 Å². The average Bonchev–Trinajstić information content (AvgIpc) is 2.64. The molecule has 0 fully saturated rings. The highest BCUT2D eigenvalue weighted by molar-refractivity contribution is 6.10. The molecule has 0 aliphatic heterocycles. The minimum absolute atomic E-state index is 0.0871. The summed E-state index contributed by atoms with van der Waals surface area (Å²) in [5.74, 6) is -0.497. The van der Waals surface area contributed by atoms with Crippen molar-refractivity contribution in [1.82, 2.24) is 14.1 Å². The van der Waals surface area contributed by atoms with Gasteiger partial charge in [0, 0.05) is 31.6 Å².